The Bertz CT molecular complexity index is 852. The van der Waals surface area contributed by atoms with Crippen LogP contribution in [0.15, 0.2) is 23.5 Å². The smallest absolute Gasteiger partial charge is 0.264 e. The van der Waals surface area contributed by atoms with E-state index in [0.29, 0.717) is 17.8 Å². The van der Waals surface area contributed by atoms with E-state index in [2.05, 4.69) is 22.0 Å². The molecule has 9 heteroatoms. The standard InChI is InChI=1S/C16H19N3O5S/c1-4-5-11-6-7-13(17-10-11)14-8-12(24-19-14)9-16(2,15(20)18-21)25(3,22)23/h6-7,10,12,21H,8-9H2,1-3H3,(H,18,20). The highest BCUT2D eigenvalue weighted by molar-refractivity contribution is 7.92. The highest BCUT2D eigenvalue weighted by Crippen LogP contribution is 2.29. The Labute approximate surface area is 146 Å². The molecule has 2 N–H and O–H groups in total. The molecule has 8 nitrogen and oxygen atoms in total. The van der Waals surface area contributed by atoms with E-state index in [4.69, 9.17) is 10.0 Å². The van der Waals surface area contributed by atoms with Crippen LogP contribution in [-0.2, 0) is 19.5 Å². The van der Waals surface area contributed by atoms with E-state index in [1.54, 1.807) is 25.3 Å². The average molecular weight is 365 g/mol. The number of hydrogen-bond donors (Lipinski definition) is 2. The van der Waals surface area contributed by atoms with Crippen LogP contribution in [0.3, 0.4) is 0 Å². The van der Waals surface area contributed by atoms with Crippen LogP contribution in [0.5, 0.6) is 0 Å². The van der Waals surface area contributed by atoms with Crippen LogP contribution < -0.4 is 5.48 Å². The molecular weight excluding hydrogens is 346 g/mol. The van der Waals surface area contributed by atoms with Gasteiger partial charge in [0.1, 0.15) is 11.8 Å². The largest absolute Gasteiger partial charge is 0.392 e. The lowest BCUT2D eigenvalue weighted by Gasteiger charge is -2.26. The van der Waals surface area contributed by atoms with Gasteiger partial charge in [0.2, 0.25) is 0 Å². The molecule has 0 fully saturated rings. The van der Waals surface area contributed by atoms with Crippen molar-refractivity contribution in [3.8, 4) is 11.8 Å². The molecule has 0 saturated carbocycles. The van der Waals surface area contributed by atoms with Crippen LogP contribution in [0.2, 0.25) is 0 Å². The van der Waals surface area contributed by atoms with E-state index in [1.165, 1.54) is 12.4 Å². The highest BCUT2D eigenvalue weighted by Gasteiger charge is 2.47. The minimum absolute atomic E-state index is 0.148. The maximum absolute atomic E-state index is 12.0. The summed E-state index contributed by atoms with van der Waals surface area (Å²) in [6, 6.07) is 3.55. The number of pyridine rings is 1. The summed E-state index contributed by atoms with van der Waals surface area (Å²) in [7, 11) is -3.79. The maximum Gasteiger partial charge on any atom is 0.264 e. The van der Waals surface area contributed by atoms with Gasteiger partial charge in [0.05, 0.1) is 5.69 Å². The number of nitrogens with one attached hydrogen (secondary N) is 1. The summed E-state index contributed by atoms with van der Waals surface area (Å²) in [5.74, 6) is 4.65. The second-order valence-corrected chi connectivity index (χ2v) is 8.37. The third kappa shape index (κ3) is 3.97. The minimum Gasteiger partial charge on any atom is -0.392 e. The fourth-order valence-electron chi connectivity index (χ4n) is 2.44. The number of carbonyl (C=O) groups excluding carboxylic acids is 1. The number of amides is 1. The molecule has 0 aliphatic carbocycles. The van der Waals surface area contributed by atoms with Crippen molar-refractivity contribution in [3.05, 3.63) is 29.6 Å². The van der Waals surface area contributed by atoms with E-state index in [0.717, 1.165) is 11.8 Å². The van der Waals surface area contributed by atoms with E-state index in [9.17, 15) is 13.2 Å². The molecule has 0 aromatic carbocycles. The molecule has 1 aromatic heterocycles. The first kappa shape index (κ1) is 18.9. The van der Waals surface area contributed by atoms with Crippen LogP contribution in [0.25, 0.3) is 0 Å². The molecule has 2 rings (SSSR count). The van der Waals surface area contributed by atoms with Gasteiger partial charge < -0.3 is 4.84 Å². The van der Waals surface area contributed by atoms with Gasteiger partial charge >= 0.3 is 0 Å². The van der Waals surface area contributed by atoms with Crippen molar-refractivity contribution >= 4 is 21.5 Å². The molecule has 2 atom stereocenters. The molecule has 0 radical (unpaired) electrons. The van der Waals surface area contributed by atoms with Gasteiger partial charge in [-0.3, -0.25) is 15.0 Å². The molecule has 1 aromatic rings. The number of aromatic nitrogens is 1. The Morgan fingerprint density at radius 3 is 2.76 bits per heavy atom. The van der Waals surface area contributed by atoms with Crippen molar-refractivity contribution in [2.45, 2.75) is 37.5 Å². The van der Waals surface area contributed by atoms with Crippen molar-refractivity contribution in [2.24, 2.45) is 5.16 Å². The van der Waals surface area contributed by atoms with Gasteiger partial charge in [-0.2, -0.15) is 0 Å². The van der Waals surface area contributed by atoms with Crippen LogP contribution in [0, 0.1) is 11.8 Å². The SMILES string of the molecule is CC#Cc1ccc(C2=NOC(CC(C)(C(=O)NO)S(C)(=O)=O)C2)nc1. The summed E-state index contributed by atoms with van der Waals surface area (Å²) >= 11 is 0. The van der Waals surface area contributed by atoms with Crippen LogP contribution in [-0.4, -0.2) is 47.3 Å². The molecule has 0 saturated heterocycles. The summed E-state index contributed by atoms with van der Waals surface area (Å²) in [5, 5.41) is 12.8. The van der Waals surface area contributed by atoms with Gasteiger partial charge in [0.25, 0.3) is 5.91 Å². The maximum atomic E-state index is 12.0. The van der Waals surface area contributed by atoms with Gasteiger partial charge in [0, 0.05) is 30.9 Å². The molecular formula is C16H19N3O5S. The highest BCUT2D eigenvalue weighted by atomic mass is 32.2. The summed E-state index contributed by atoms with van der Waals surface area (Å²) in [4.78, 5) is 21.4. The number of hydroxylamine groups is 1. The topological polar surface area (TPSA) is 118 Å². The van der Waals surface area contributed by atoms with Crippen molar-refractivity contribution < 1.29 is 23.3 Å². The van der Waals surface area contributed by atoms with E-state index < -0.39 is 26.6 Å². The molecule has 2 heterocycles. The first-order chi connectivity index (χ1) is 11.7. The fraction of sp³-hybridized carbons (Fsp3) is 0.438. The molecule has 1 amide bonds. The molecule has 1 aliphatic rings. The fourth-order valence-corrected chi connectivity index (χ4v) is 3.31. The number of sulfone groups is 1. The monoisotopic (exact) mass is 365 g/mol. The van der Waals surface area contributed by atoms with Gasteiger partial charge in [0.15, 0.2) is 14.6 Å². The number of hydrogen-bond acceptors (Lipinski definition) is 7. The third-order valence-electron chi connectivity index (χ3n) is 4.08. The van der Waals surface area contributed by atoms with Crippen LogP contribution >= 0.6 is 0 Å². The van der Waals surface area contributed by atoms with Crippen LogP contribution in [0.1, 0.15) is 37.9 Å². The zero-order valence-corrected chi connectivity index (χ0v) is 14.9. The Kier molecular flexibility index (Phi) is 5.45. The summed E-state index contributed by atoms with van der Waals surface area (Å²) in [6.07, 6.45) is 2.08. The van der Waals surface area contributed by atoms with Crippen molar-refractivity contribution in [2.75, 3.05) is 6.26 Å². The van der Waals surface area contributed by atoms with Crippen molar-refractivity contribution in [3.63, 3.8) is 0 Å². The zero-order chi connectivity index (χ0) is 18.7. The third-order valence-corrected chi connectivity index (χ3v) is 6.07. The summed E-state index contributed by atoms with van der Waals surface area (Å²) in [5.41, 5.74) is 3.33. The Balaban J connectivity index is 2.13. The minimum atomic E-state index is -3.79. The van der Waals surface area contributed by atoms with Gasteiger partial charge in [-0.15, -0.1) is 5.92 Å². The van der Waals surface area contributed by atoms with Gasteiger partial charge in [-0.1, -0.05) is 11.1 Å². The Morgan fingerprint density at radius 2 is 2.24 bits per heavy atom. The quantitative estimate of drug-likeness (QED) is 0.449. The van der Waals surface area contributed by atoms with E-state index >= 15 is 0 Å². The van der Waals surface area contributed by atoms with Crippen LogP contribution in [0.4, 0.5) is 0 Å². The van der Waals surface area contributed by atoms with Gasteiger partial charge in [-0.25, -0.2) is 13.9 Å². The molecule has 25 heavy (non-hydrogen) atoms. The Morgan fingerprint density at radius 1 is 1.52 bits per heavy atom. The number of nitrogens with zero attached hydrogens (tertiary/aromatic N) is 2. The molecule has 2 unspecified atom stereocenters. The summed E-state index contributed by atoms with van der Waals surface area (Å²) in [6.45, 7) is 2.97. The van der Waals surface area contributed by atoms with E-state index in [-0.39, 0.29) is 6.42 Å². The lowest BCUT2D eigenvalue weighted by atomic mass is 9.98. The molecule has 134 valence electrons. The molecule has 0 bridgehead atoms. The second kappa shape index (κ2) is 7.21. The number of rotatable bonds is 5. The predicted octanol–water partition coefficient (Wildman–Crippen LogP) is 0.645. The normalized spacial score (nSPS) is 19.0. The van der Waals surface area contributed by atoms with Crippen molar-refractivity contribution in [1.82, 2.24) is 10.5 Å². The van der Waals surface area contributed by atoms with E-state index in [1.807, 2.05) is 0 Å². The number of oxime groups is 1. The van der Waals surface area contributed by atoms with Gasteiger partial charge in [-0.05, 0) is 26.0 Å². The first-order valence-corrected chi connectivity index (χ1v) is 9.36. The lowest BCUT2D eigenvalue weighted by molar-refractivity contribution is -0.132. The first-order valence-electron chi connectivity index (χ1n) is 7.47. The second-order valence-electron chi connectivity index (χ2n) is 5.92. The Hall–Kier alpha value is -2.44. The molecule has 1 aliphatic heterocycles. The zero-order valence-electron chi connectivity index (χ0n) is 14.1. The van der Waals surface area contributed by atoms with Crippen molar-refractivity contribution in [1.29, 1.82) is 0 Å². The summed E-state index contributed by atoms with van der Waals surface area (Å²) < 4.78 is 22.2. The predicted molar refractivity (Wildman–Crippen MR) is 90.6 cm³/mol. The lowest BCUT2D eigenvalue weighted by Crippen LogP contribution is -2.51. The molecule has 0 spiro atoms. The average Bonchev–Trinajstić information content (AvgIpc) is 3.02. The number of carbonyl (C=O) groups is 1.